The number of carbonyl (C=O) groups excluding carboxylic acids is 1. The predicted octanol–water partition coefficient (Wildman–Crippen LogP) is 3.08. The van der Waals surface area contributed by atoms with E-state index in [2.05, 4.69) is 15.3 Å². The number of amides is 1. The quantitative estimate of drug-likeness (QED) is 0.563. The van der Waals surface area contributed by atoms with E-state index in [0.29, 0.717) is 11.5 Å². The van der Waals surface area contributed by atoms with Crippen LogP contribution < -0.4 is 24.4 Å². The molecule has 2 aromatic carbocycles. The van der Waals surface area contributed by atoms with Gasteiger partial charge in [0.25, 0.3) is 5.91 Å². The van der Waals surface area contributed by atoms with E-state index in [-0.39, 0.29) is 22.6 Å². The van der Waals surface area contributed by atoms with Crippen LogP contribution in [0.4, 0.5) is 8.78 Å². The van der Waals surface area contributed by atoms with Crippen molar-refractivity contribution in [2.45, 2.75) is 6.61 Å². The molecule has 27 heavy (non-hydrogen) atoms. The molecule has 0 bridgehead atoms. The average Bonchev–Trinajstić information content (AvgIpc) is 2.68. The molecule has 1 N–H and O–H groups in total. The second kappa shape index (κ2) is 9.37. The summed E-state index contributed by atoms with van der Waals surface area (Å²) in [7, 11) is 4.25. The van der Waals surface area contributed by atoms with Gasteiger partial charge in [0.2, 0.25) is 0 Å². The molecule has 1 amide bonds. The van der Waals surface area contributed by atoms with Crippen molar-refractivity contribution in [1.29, 1.82) is 0 Å². The topological polar surface area (TPSA) is 78.4 Å². The van der Waals surface area contributed by atoms with Crippen LogP contribution in [0.2, 0.25) is 0 Å². The zero-order chi connectivity index (χ0) is 19.8. The van der Waals surface area contributed by atoms with Gasteiger partial charge < -0.3 is 18.9 Å². The summed E-state index contributed by atoms with van der Waals surface area (Å²) in [6.07, 6.45) is 1.18. The van der Waals surface area contributed by atoms with Crippen LogP contribution in [0.25, 0.3) is 0 Å². The third-order valence-corrected chi connectivity index (χ3v) is 3.42. The van der Waals surface area contributed by atoms with Crippen molar-refractivity contribution in [3.63, 3.8) is 0 Å². The van der Waals surface area contributed by atoms with Crippen LogP contribution in [0.3, 0.4) is 0 Å². The van der Waals surface area contributed by atoms with Crippen molar-refractivity contribution in [3.05, 3.63) is 47.5 Å². The number of hydrogen-bond donors (Lipinski definition) is 1. The maximum absolute atomic E-state index is 12.6. The second-order valence-electron chi connectivity index (χ2n) is 5.06. The SMILES string of the molecule is COc1cc(OC)cc(C(=O)N/N=C\c2cccc(OC)c2OC(F)F)c1. The standard InChI is InChI=1S/C18H18F2N2O5/c1-24-13-7-12(8-14(9-13)25-2)17(23)22-21-10-11-5-4-6-15(26-3)16(11)27-18(19)20/h4-10,18H,1-3H3,(H,22,23)/b21-10-. The summed E-state index contributed by atoms with van der Waals surface area (Å²) in [6.45, 7) is -3.03. The highest BCUT2D eigenvalue weighted by Crippen LogP contribution is 2.31. The number of ether oxygens (including phenoxy) is 4. The predicted molar refractivity (Wildman–Crippen MR) is 94.2 cm³/mol. The molecule has 144 valence electrons. The van der Waals surface area contributed by atoms with Gasteiger partial charge in [-0.15, -0.1) is 0 Å². The van der Waals surface area contributed by atoms with Gasteiger partial charge in [-0.05, 0) is 24.3 Å². The summed E-state index contributed by atoms with van der Waals surface area (Å²) < 4.78 is 44.9. The summed E-state index contributed by atoms with van der Waals surface area (Å²) >= 11 is 0. The van der Waals surface area contributed by atoms with Crippen molar-refractivity contribution in [2.24, 2.45) is 5.10 Å². The molecule has 0 radical (unpaired) electrons. The van der Waals surface area contributed by atoms with Crippen LogP contribution in [0.1, 0.15) is 15.9 Å². The third-order valence-electron chi connectivity index (χ3n) is 3.42. The van der Waals surface area contributed by atoms with Gasteiger partial charge in [-0.2, -0.15) is 13.9 Å². The molecule has 0 atom stereocenters. The van der Waals surface area contributed by atoms with E-state index in [4.69, 9.17) is 14.2 Å². The van der Waals surface area contributed by atoms with Gasteiger partial charge in [-0.25, -0.2) is 5.43 Å². The van der Waals surface area contributed by atoms with Crippen molar-refractivity contribution < 1.29 is 32.5 Å². The highest BCUT2D eigenvalue weighted by Gasteiger charge is 2.14. The number of nitrogens with one attached hydrogen (secondary N) is 1. The lowest BCUT2D eigenvalue weighted by molar-refractivity contribution is -0.0513. The number of rotatable bonds is 8. The molecule has 0 saturated carbocycles. The van der Waals surface area contributed by atoms with Crippen LogP contribution in [-0.2, 0) is 0 Å². The van der Waals surface area contributed by atoms with Gasteiger partial charge in [0, 0.05) is 17.2 Å². The van der Waals surface area contributed by atoms with E-state index in [0.717, 1.165) is 0 Å². The van der Waals surface area contributed by atoms with E-state index in [1.54, 1.807) is 12.1 Å². The minimum Gasteiger partial charge on any atom is -0.497 e. The molecule has 0 spiro atoms. The number of nitrogens with zero attached hydrogens (tertiary/aromatic N) is 1. The average molecular weight is 380 g/mol. The summed E-state index contributed by atoms with van der Waals surface area (Å²) in [4.78, 5) is 12.2. The fourth-order valence-corrected chi connectivity index (χ4v) is 2.17. The van der Waals surface area contributed by atoms with Gasteiger partial charge in [-0.3, -0.25) is 4.79 Å². The van der Waals surface area contributed by atoms with Gasteiger partial charge >= 0.3 is 6.61 Å². The van der Waals surface area contributed by atoms with Gasteiger partial charge in [0.1, 0.15) is 11.5 Å². The molecule has 0 saturated heterocycles. The first-order valence-electron chi connectivity index (χ1n) is 7.66. The largest absolute Gasteiger partial charge is 0.497 e. The Morgan fingerprint density at radius 1 is 1.07 bits per heavy atom. The number of hydrogen-bond acceptors (Lipinski definition) is 6. The minimum atomic E-state index is -3.03. The molecule has 0 aliphatic heterocycles. The first kappa shape index (κ1) is 20.0. The molecule has 2 aromatic rings. The Morgan fingerprint density at radius 3 is 2.30 bits per heavy atom. The van der Waals surface area contributed by atoms with Crippen molar-refractivity contribution in [1.82, 2.24) is 5.43 Å². The molecule has 9 heteroatoms. The Bertz CT molecular complexity index is 805. The van der Waals surface area contributed by atoms with Crippen LogP contribution in [-0.4, -0.2) is 40.1 Å². The zero-order valence-corrected chi connectivity index (χ0v) is 14.9. The Hall–Kier alpha value is -3.36. The number of para-hydroxylation sites is 1. The van der Waals surface area contributed by atoms with Gasteiger partial charge in [-0.1, -0.05) is 6.07 Å². The molecular weight excluding hydrogens is 362 g/mol. The number of halogens is 2. The number of hydrazone groups is 1. The monoisotopic (exact) mass is 380 g/mol. The number of benzene rings is 2. The Labute approximate surface area is 154 Å². The maximum Gasteiger partial charge on any atom is 0.387 e. The number of methoxy groups -OCH3 is 3. The van der Waals surface area contributed by atoms with E-state index in [1.807, 2.05) is 0 Å². The Kier molecular flexibility index (Phi) is 6.93. The summed E-state index contributed by atoms with van der Waals surface area (Å²) in [5.41, 5.74) is 2.76. The number of carbonyl (C=O) groups is 1. The maximum atomic E-state index is 12.6. The molecule has 0 aliphatic carbocycles. The van der Waals surface area contributed by atoms with E-state index in [9.17, 15) is 13.6 Å². The highest BCUT2D eigenvalue weighted by molar-refractivity contribution is 5.96. The summed E-state index contributed by atoms with van der Waals surface area (Å²) in [5.74, 6) is 0.259. The highest BCUT2D eigenvalue weighted by atomic mass is 19.3. The Morgan fingerprint density at radius 2 is 1.74 bits per heavy atom. The first-order chi connectivity index (χ1) is 13.0. The fraction of sp³-hybridized carbons (Fsp3) is 0.222. The van der Waals surface area contributed by atoms with E-state index in [1.165, 1.54) is 51.8 Å². The van der Waals surface area contributed by atoms with Crippen LogP contribution >= 0.6 is 0 Å². The zero-order valence-electron chi connectivity index (χ0n) is 14.9. The van der Waals surface area contributed by atoms with Crippen molar-refractivity contribution in [3.8, 4) is 23.0 Å². The van der Waals surface area contributed by atoms with Crippen LogP contribution in [0.5, 0.6) is 23.0 Å². The Balaban J connectivity index is 2.19. The van der Waals surface area contributed by atoms with E-state index < -0.39 is 12.5 Å². The second-order valence-corrected chi connectivity index (χ2v) is 5.06. The smallest absolute Gasteiger partial charge is 0.387 e. The van der Waals surface area contributed by atoms with E-state index >= 15 is 0 Å². The van der Waals surface area contributed by atoms with Crippen molar-refractivity contribution >= 4 is 12.1 Å². The first-order valence-corrected chi connectivity index (χ1v) is 7.66. The fourth-order valence-electron chi connectivity index (χ4n) is 2.17. The summed E-state index contributed by atoms with van der Waals surface area (Å²) in [5, 5.41) is 3.79. The lowest BCUT2D eigenvalue weighted by Gasteiger charge is -2.12. The molecule has 7 nitrogen and oxygen atoms in total. The minimum absolute atomic E-state index is 0.114. The van der Waals surface area contributed by atoms with Gasteiger partial charge in [0.15, 0.2) is 11.5 Å². The molecular formula is C18H18F2N2O5. The summed E-state index contributed by atoms with van der Waals surface area (Å²) in [6, 6.07) is 9.16. The normalized spacial score (nSPS) is 10.7. The lowest BCUT2D eigenvalue weighted by Crippen LogP contribution is -2.18. The van der Waals surface area contributed by atoms with Crippen LogP contribution in [0, 0.1) is 0 Å². The molecule has 0 aliphatic rings. The lowest BCUT2D eigenvalue weighted by atomic mass is 10.2. The molecule has 0 heterocycles. The van der Waals surface area contributed by atoms with Gasteiger partial charge in [0.05, 0.1) is 27.5 Å². The number of alkyl halides is 2. The van der Waals surface area contributed by atoms with Crippen LogP contribution in [0.15, 0.2) is 41.5 Å². The molecule has 0 unspecified atom stereocenters. The third kappa shape index (κ3) is 5.30. The van der Waals surface area contributed by atoms with Crippen molar-refractivity contribution in [2.75, 3.05) is 21.3 Å². The molecule has 2 rings (SSSR count). The molecule has 0 aromatic heterocycles. The molecule has 0 fully saturated rings.